The lowest BCUT2D eigenvalue weighted by Gasteiger charge is -2.14. The van der Waals surface area contributed by atoms with E-state index in [1.807, 2.05) is 61.5 Å². The maximum Gasteiger partial charge on any atom is 0.271 e. The Kier molecular flexibility index (Phi) is 4.00. The van der Waals surface area contributed by atoms with Crippen molar-refractivity contribution in [2.24, 2.45) is 0 Å². The molecule has 0 radical (unpaired) electrons. The zero-order chi connectivity index (χ0) is 15.7. The van der Waals surface area contributed by atoms with Gasteiger partial charge >= 0.3 is 0 Å². The summed E-state index contributed by atoms with van der Waals surface area (Å²) in [7, 11) is 0. The third kappa shape index (κ3) is 2.65. The van der Waals surface area contributed by atoms with Gasteiger partial charge in [-0.1, -0.05) is 54.3 Å². The number of benzene rings is 2. The molecule has 2 N–H and O–H groups in total. The van der Waals surface area contributed by atoms with Gasteiger partial charge in [-0.15, -0.1) is 0 Å². The van der Waals surface area contributed by atoms with Crippen LogP contribution in [0.4, 0.5) is 11.4 Å². The Balaban J connectivity index is 2.00. The Morgan fingerprint density at radius 1 is 1.09 bits per heavy atom. The third-order valence-electron chi connectivity index (χ3n) is 3.47. The van der Waals surface area contributed by atoms with Crippen molar-refractivity contribution in [3.05, 3.63) is 65.1 Å². The minimum Gasteiger partial charge on any atom is -0.399 e. The first-order valence-corrected chi connectivity index (χ1v) is 7.98. The Hall–Kier alpha value is -2.11. The zero-order valence-corrected chi connectivity index (χ0v) is 13.6. The number of hydrogen-bond acceptors (Lipinski definition) is 4. The van der Waals surface area contributed by atoms with Gasteiger partial charge in [-0.3, -0.25) is 9.69 Å². The molecule has 3 nitrogen and oxygen atoms in total. The Bertz CT molecular complexity index is 767. The topological polar surface area (TPSA) is 46.3 Å². The summed E-state index contributed by atoms with van der Waals surface area (Å²) in [4.78, 5) is 15.0. The number of thioether (sulfide) groups is 1. The van der Waals surface area contributed by atoms with Crippen LogP contribution in [0.1, 0.15) is 12.5 Å². The molecule has 0 unspecified atom stereocenters. The van der Waals surface area contributed by atoms with E-state index < -0.39 is 0 Å². The first-order valence-electron chi connectivity index (χ1n) is 6.76. The molecule has 0 bridgehead atoms. The van der Waals surface area contributed by atoms with Gasteiger partial charge < -0.3 is 5.73 Å². The average molecular weight is 326 g/mol. The van der Waals surface area contributed by atoms with Gasteiger partial charge in [0.25, 0.3) is 5.91 Å². The molecular weight excluding hydrogens is 312 g/mol. The van der Waals surface area contributed by atoms with E-state index in [9.17, 15) is 4.79 Å². The first-order chi connectivity index (χ1) is 10.6. The quantitative estimate of drug-likeness (QED) is 0.513. The first kappa shape index (κ1) is 14.8. The summed E-state index contributed by atoms with van der Waals surface area (Å²) in [6, 6.07) is 17.0. The normalized spacial score (nSPS) is 17.0. The van der Waals surface area contributed by atoms with Crippen LogP contribution in [-0.2, 0) is 4.79 Å². The van der Waals surface area contributed by atoms with E-state index in [1.54, 1.807) is 4.90 Å². The molecule has 22 heavy (non-hydrogen) atoms. The predicted molar refractivity (Wildman–Crippen MR) is 97.6 cm³/mol. The zero-order valence-electron chi connectivity index (χ0n) is 11.9. The van der Waals surface area contributed by atoms with Crippen LogP contribution in [0, 0.1) is 0 Å². The Morgan fingerprint density at radius 2 is 1.73 bits per heavy atom. The number of carbonyl (C=O) groups is 1. The standard InChI is InChI=1S/C17H14N2OS2/c1-11(12-7-9-13(18)10-8-12)15-16(20)19(17(21)22-15)14-5-3-2-4-6-14/h2-10H,18H2,1H3. The maximum atomic E-state index is 12.7. The van der Waals surface area contributed by atoms with E-state index in [2.05, 4.69) is 0 Å². The largest absolute Gasteiger partial charge is 0.399 e. The van der Waals surface area contributed by atoms with Crippen LogP contribution in [0.25, 0.3) is 5.57 Å². The van der Waals surface area contributed by atoms with Crippen LogP contribution >= 0.6 is 24.0 Å². The number of anilines is 2. The van der Waals surface area contributed by atoms with E-state index in [0.29, 0.717) is 14.9 Å². The lowest BCUT2D eigenvalue weighted by atomic mass is 10.1. The number of hydrogen-bond donors (Lipinski definition) is 1. The molecule has 1 fully saturated rings. The lowest BCUT2D eigenvalue weighted by Crippen LogP contribution is -2.27. The van der Waals surface area contributed by atoms with Crippen LogP contribution in [0.15, 0.2) is 59.5 Å². The fourth-order valence-corrected chi connectivity index (χ4v) is 3.60. The average Bonchev–Trinajstić information content (AvgIpc) is 2.83. The number of amides is 1. The van der Waals surface area contributed by atoms with Gasteiger partial charge in [-0.25, -0.2) is 0 Å². The molecule has 3 rings (SSSR count). The smallest absolute Gasteiger partial charge is 0.271 e. The molecule has 1 aliphatic rings. The number of thiocarbonyl (C=S) groups is 1. The lowest BCUT2D eigenvalue weighted by molar-refractivity contribution is -0.113. The summed E-state index contributed by atoms with van der Waals surface area (Å²) in [5.74, 6) is -0.0736. The molecule has 0 aromatic heterocycles. The van der Waals surface area contributed by atoms with Crippen molar-refractivity contribution in [1.29, 1.82) is 0 Å². The van der Waals surface area contributed by atoms with Gasteiger partial charge in [-0.05, 0) is 42.3 Å². The van der Waals surface area contributed by atoms with Gasteiger partial charge in [0.2, 0.25) is 0 Å². The van der Waals surface area contributed by atoms with E-state index in [-0.39, 0.29) is 5.91 Å². The fourth-order valence-electron chi connectivity index (χ4n) is 2.26. The second kappa shape index (κ2) is 5.94. The highest BCUT2D eigenvalue weighted by Gasteiger charge is 2.34. The van der Waals surface area contributed by atoms with Crippen LogP contribution in [0.3, 0.4) is 0 Å². The fraction of sp³-hybridized carbons (Fsp3) is 0.0588. The molecule has 0 saturated carbocycles. The van der Waals surface area contributed by atoms with Crippen molar-refractivity contribution >= 4 is 51.2 Å². The maximum absolute atomic E-state index is 12.7. The van der Waals surface area contributed by atoms with Gasteiger partial charge in [-0.2, -0.15) is 0 Å². The Morgan fingerprint density at radius 3 is 2.36 bits per heavy atom. The molecule has 1 saturated heterocycles. The highest BCUT2D eigenvalue weighted by molar-refractivity contribution is 8.27. The molecule has 2 aromatic rings. The van der Waals surface area contributed by atoms with Crippen molar-refractivity contribution in [2.45, 2.75) is 6.92 Å². The van der Waals surface area contributed by atoms with E-state index >= 15 is 0 Å². The van der Waals surface area contributed by atoms with Crippen molar-refractivity contribution in [2.75, 3.05) is 10.6 Å². The molecule has 110 valence electrons. The van der Waals surface area contributed by atoms with Crippen molar-refractivity contribution in [1.82, 2.24) is 0 Å². The number of nitrogens with two attached hydrogens (primary N) is 1. The molecule has 1 aliphatic heterocycles. The highest BCUT2D eigenvalue weighted by Crippen LogP contribution is 2.39. The highest BCUT2D eigenvalue weighted by atomic mass is 32.2. The van der Waals surface area contributed by atoms with Crippen LogP contribution in [0.5, 0.6) is 0 Å². The minimum absolute atomic E-state index is 0.0736. The number of nitrogen functional groups attached to an aromatic ring is 1. The van der Waals surface area contributed by atoms with E-state index in [1.165, 1.54) is 11.8 Å². The SMILES string of the molecule is CC(=C1SC(=S)N(c2ccccc2)C1=O)c1ccc(N)cc1. The van der Waals surface area contributed by atoms with Crippen LogP contribution in [-0.4, -0.2) is 10.2 Å². The summed E-state index contributed by atoms with van der Waals surface area (Å²) in [5, 5.41) is 0. The minimum atomic E-state index is -0.0736. The molecule has 0 atom stereocenters. The molecule has 2 aromatic carbocycles. The number of allylic oxidation sites excluding steroid dienone is 1. The number of nitrogens with zero attached hydrogens (tertiary/aromatic N) is 1. The number of para-hydroxylation sites is 1. The second-order valence-electron chi connectivity index (χ2n) is 4.92. The van der Waals surface area contributed by atoms with Crippen LogP contribution < -0.4 is 10.6 Å². The molecule has 1 heterocycles. The summed E-state index contributed by atoms with van der Waals surface area (Å²) >= 11 is 6.72. The third-order valence-corrected chi connectivity index (χ3v) is 4.94. The molecule has 1 amide bonds. The Labute approximate surface area is 138 Å². The summed E-state index contributed by atoms with van der Waals surface area (Å²) in [5.41, 5.74) is 9.10. The molecule has 0 spiro atoms. The van der Waals surface area contributed by atoms with Gasteiger partial charge in [0.05, 0.1) is 10.6 Å². The molecule has 0 aliphatic carbocycles. The van der Waals surface area contributed by atoms with Crippen molar-refractivity contribution in [3.63, 3.8) is 0 Å². The summed E-state index contributed by atoms with van der Waals surface area (Å²) in [6.45, 7) is 1.93. The van der Waals surface area contributed by atoms with E-state index in [4.69, 9.17) is 18.0 Å². The molecular formula is C17H14N2OS2. The summed E-state index contributed by atoms with van der Waals surface area (Å²) in [6.07, 6.45) is 0. The number of rotatable bonds is 2. The van der Waals surface area contributed by atoms with Crippen LogP contribution in [0.2, 0.25) is 0 Å². The van der Waals surface area contributed by atoms with Crippen molar-refractivity contribution in [3.8, 4) is 0 Å². The predicted octanol–water partition coefficient (Wildman–Crippen LogP) is 4.06. The monoisotopic (exact) mass is 326 g/mol. The second-order valence-corrected chi connectivity index (χ2v) is 6.56. The summed E-state index contributed by atoms with van der Waals surface area (Å²) < 4.78 is 0.556. The van der Waals surface area contributed by atoms with Gasteiger partial charge in [0, 0.05) is 5.69 Å². The van der Waals surface area contributed by atoms with Gasteiger partial charge in [0.1, 0.15) is 0 Å². The molecule has 5 heteroatoms. The van der Waals surface area contributed by atoms with Crippen molar-refractivity contribution < 1.29 is 4.79 Å². The number of carbonyl (C=O) groups excluding carboxylic acids is 1. The van der Waals surface area contributed by atoms with Gasteiger partial charge in [0.15, 0.2) is 4.32 Å². The van der Waals surface area contributed by atoms with E-state index in [0.717, 1.165) is 16.8 Å².